The first-order chi connectivity index (χ1) is 49.6. The Morgan fingerprint density at radius 2 is 0.330 bits per heavy atom. The maximum atomic E-state index is 2.97. The number of rotatable bonds is 44. The third-order valence-corrected chi connectivity index (χ3v) is 34.3. The third-order valence-electron chi connectivity index (χ3n) is 24.1. The Morgan fingerprint density at radius 1 is 0.180 bits per heavy atom. The molecule has 17 rings (SSSR count). The highest BCUT2D eigenvalue weighted by Gasteiger charge is 2.46. The molecule has 0 radical (unpaired) electrons. The monoisotopic (exact) mass is 1400 g/mol. The summed E-state index contributed by atoms with van der Waals surface area (Å²) in [6, 6.07) is 71.4. The molecular weight excluding hydrogens is 1280 g/mol. The molecule has 8 aliphatic heterocycles. The highest BCUT2D eigenvalue weighted by Crippen LogP contribution is 2.57. The van der Waals surface area contributed by atoms with E-state index in [-0.39, 0.29) is 0 Å². The van der Waals surface area contributed by atoms with Crippen LogP contribution in [0.4, 0.5) is 0 Å². The quantitative estimate of drug-likeness (QED) is 0.0264. The van der Waals surface area contributed by atoms with Gasteiger partial charge in [-0.15, -0.1) is 0 Å². The zero-order valence-electron chi connectivity index (χ0n) is 62.5. The molecule has 8 aromatic rings. The van der Waals surface area contributed by atoms with E-state index in [9.17, 15) is 0 Å². The molecule has 0 N–H and O–H groups in total. The fraction of sp³-hybridized carbons (Fsp3) is 0.500. The smallest absolute Gasteiger partial charge is 0.0103 e. The fourth-order valence-electron chi connectivity index (χ4n) is 18.5. The summed E-state index contributed by atoms with van der Waals surface area (Å²) in [7, 11) is -2.64. The summed E-state index contributed by atoms with van der Waals surface area (Å²) in [5.41, 5.74) is 13.6. The van der Waals surface area contributed by atoms with E-state index >= 15 is 0 Å². The first-order valence-electron chi connectivity index (χ1n) is 41.7. The molecular formula is C96H124P4. The van der Waals surface area contributed by atoms with E-state index in [1.807, 2.05) is 0 Å². The van der Waals surface area contributed by atoms with E-state index in [0.717, 1.165) is 0 Å². The predicted octanol–water partition coefficient (Wildman–Crippen LogP) is 24.5. The maximum absolute atomic E-state index is 2.97. The van der Waals surface area contributed by atoms with Crippen molar-refractivity contribution >= 4 is 95.3 Å². The lowest BCUT2D eigenvalue weighted by Gasteiger charge is -2.45. The molecule has 8 heterocycles. The third kappa shape index (κ3) is 17.2. The molecule has 9 aliphatic rings. The van der Waals surface area contributed by atoms with Gasteiger partial charge in [0.05, 0.1) is 0 Å². The van der Waals surface area contributed by atoms with Crippen LogP contribution in [0.15, 0.2) is 170 Å². The SMILES string of the molecule is CCCCCCCCCCCC1c2cc(c3cc2P3c2ccccc2)C(CCCCCCCCCCC)c2cc(c3cc2P3c2ccccc2)C(CCCCCCCCCCC)c2cc(c3cc2P3c2ccccc2)C(CCCCCCCCCCC)c2cc1c1cc2P1c1ccccc1. The molecule has 1 aliphatic carbocycles. The molecule has 100 heavy (non-hydrogen) atoms. The number of unbranched alkanes of at least 4 members (excludes halogenated alkanes) is 32. The van der Waals surface area contributed by atoms with Crippen LogP contribution in [0.25, 0.3) is 0 Å². The van der Waals surface area contributed by atoms with Crippen molar-refractivity contribution in [1.82, 2.24) is 0 Å². The molecule has 16 bridgehead atoms. The van der Waals surface area contributed by atoms with E-state index < -0.39 is 31.7 Å². The first kappa shape index (κ1) is 73.8. The van der Waals surface area contributed by atoms with Gasteiger partial charge in [0.1, 0.15) is 0 Å². The summed E-state index contributed by atoms with van der Waals surface area (Å²) >= 11 is 0. The molecule has 0 saturated carbocycles. The summed E-state index contributed by atoms with van der Waals surface area (Å²) in [5, 5.41) is 19.8. The Bertz CT molecular complexity index is 3210. The number of hydrogen-bond acceptors (Lipinski definition) is 0. The second kappa shape index (κ2) is 38.0. The van der Waals surface area contributed by atoms with Gasteiger partial charge >= 0.3 is 0 Å². The molecule has 0 unspecified atom stereocenters. The van der Waals surface area contributed by atoms with Crippen LogP contribution in [0.5, 0.6) is 0 Å². The van der Waals surface area contributed by atoms with Crippen molar-refractivity contribution in [1.29, 1.82) is 0 Å². The van der Waals surface area contributed by atoms with Gasteiger partial charge in [-0.05, 0) is 190 Å². The average molecular weight is 1400 g/mol. The lowest BCUT2D eigenvalue weighted by Crippen LogP contribution is -2.44. The molecule has 0 aromatic heterocycles. The Labute approximate surface area is 613 Å². The van der Waals surface area contributed by atoms with Crippen LogP contribution in [0.3, 0.4) is 0 Å². The lowest BCUT2D eigenvalue weighted by molar-refractivity contribution is 0.541. The number of benzene rings is 8. The largest absolute Gasteiger partial charge is 0.0654 e. The van der Waals surface area contributed by atoms with Gasteiger partial charge in [-0.3, -0.25) is 0 Å². The summed E-state index contributed by atoms with van der Waals surface area (Å²) in [6.07, 6.45) is 53.9. The van der Waals surface area contributed by atoms with Gasteiger partial charge in [-0.25, -0.2) is 0 Å². The summed E-state index contributed by atoms with van der Waals surface area (Å²) in [5.74, 6) is 1.36. The molecule has 0 saturated heterocycles. The van der Waals surface area contributed by atoms with Gasteiger partial charge in [0.15, 0.2) is 0 Å². The highest BCUT2D eigenvalue weighted by atomic mass is 31.1. The van der Waals surface area contributed by atoms with E-state index in [1.54, 1.807) is 108 Å². The Balaban J connectivity index is 1.02. The first-order valence-corrected chi connectivity index (χ1v) is 47.1. The molecule has 0 nitrogen and oxygen atoms in total. The Kier molecular flexibility index (Phi) is 28.0. The summed E-state index contributed by atoms with van der Waals surface area (Å²) in [6.45, 7) is 9.44. The molecule has 8 aromatic carbocycles. The molecule has 4 heteroatoms. The zero-order chi connectivity index (χ0) is 68.2. The van der Waals surface area contributed by atoms with Crippen LogP contribution in [0.2, 0.25) is 0 Å². The van der Waals surface area contributed by atoms with Gasteiger partial charge in [0.2, 0.25) is 0 Å². The van der Waals surface area contributed by atoms with E-state index in [0.29, 0.717) is 23.7 Å². The van der Waals surface area contributed by atoms with Crippen molar-refractivity contribution in [2.45, 2.75) is 308 Å². The van der Waals surface area contributed by atoms with Gasteiger partial charge in [0, 0.05) is 23.7 Å². The minimum Gasteiger partial charge on any atom is -0.0654 e. The second-order valence-corrected chi connectivity index (χ2v) is 39.8. The van der Waals surface area contributed by atoms with E-state index in [1.165, 1.54) is 257 Å². The van der Waals surface area contributed by atoms with Crippen LogP contribution >= 0.6 is 31.7 Å². The van der Waals surface area contributed by atoms with E-state index in [4.69, 9.17) is 0 Å². The molecule has 0 amide bonds. The lowest BCUT2D eigenvalue weighted by atomic mass is 9.77. The van der Waals surface area contributed by atoms with Gasteiger partial charge in [0.25, 0.3) is 0 Å². The topological polar surface area (TPSA) is 0 Å². The summed E-state index contributed by atoms with van der Waals surface area (Å²) < 4.78 is 0. The van der Waals surface area contributed by atoms with Gasteiger partial charge in [-0.2, -0.15) is 0 Å². The van der Waals surface area contributed by atoms with Crippen molar-refractivity contribution in [3.05, 3.63) is 214 Å². The van der Waals surface area contributed by atoms with Crippen molar-refractivity contribution in [3.63, 3.8) is 0 Å². The van der Waals surface area contributed by atoms with Crippen molar-refractivity contribution in [3.8, 4) is 0 Å². The number of hydrogen-bond donors (Lipinski definition) is 0. The van der Waals surface area contributed by atoms with Gasteiger partial charge < -0.3 is 0 Å². The van der Waals surface area contributed by atoms with Crippen LogP contribution < -0.4 is 63.7 Å². The molecule has 0 fully saturated rings. The Hall–Kier alpha value is -4.52. The normalized spacial score (nSPS) is 19.4. The van der Waals surface area contributed by atoms with Crippen LogP contribution in [0, 0.1) is 0 Å². The maximum Gasteiger partial charge on any atom is 0.0103 e. The van der Waals surface area contributed by atoms with Crippen molar-refractivity contribution < 1.29 is 0 Å². The highest BCUT2D eigenvalue weighted by molar-refractivity contribution is 7.83. The fourth-order valence-corrected chi connectivity index (χ4v) is 28.7. The minimum atomic E-state index is -0.660. The zero-order valence-corrected chi connectivity index (χ0v) is 66.1. The summed E-state index contributed by atoms with van der Waals surface area (Å²) in [4.78, 5) is 0. The minimum absolute atomic E-state index is 0.340. The van der Waals surface area contributed by atoms with E-state index in [2.05, 4.69) is 198 Å². The molecule has 0 spiro atoms. The standard InChI is InChI=1S/C96H124P4/c1-5-9-13-17-21-25-29-33-49-61-77-81-65-83(91-69-89(81)97(91)73-53-41-37-42-54-73)78(62-50-34-30-26-22-18-14-10-6-2)85-67-87(95-71-93(85)99(95)75-57-45-39-46-58-75)80(64-52-36-32-28-24-20-16-12-8-4)88-68-86(94-72-96(88)100(94)76-59-47-40-48-60-76)79(63-51-35-31-27-23-19-15-11-7-3)84-66-82(77)90-70-92(84)98(90)74-55-43-38-44-56-74/h37-48,53-60,65-72,77-80H,5-36,49-52,61-64H2,1-4H3. The molecule has 528 valence electrons. The van der Waals surface area contributed by atoms with Gasteiger partial charge in [-0.1, -0.05) is 404 Å². The second-order valence-electron chi connectivity index (χ2n) is 31.2. The predicted molar refractivity (Wildman–Crippen MR) is 450 cm³/mol. The van der Waals surface area contributed by atoms with Crippen LogP contribution in [0.1, 0.15) is 353 Å². The van der Waals surface area contributed by atoms with Crippen LogP contribution in [-0.2, 0) is 0 Å². The van der Waals surface area contributed by atoms with Crippen molar-refractivity contribution in [2.75, 3.05) is 0 Å². The van der Waals surface area contributed by atoms with Crippen molar-refractivity contribution in [2.24, 2.45) is 0 Å². The molecule has 0 atom stereocenters. The average Bonchev–Trinajstić information content (AvgIpc) is 0.697. The van der Waals surface area contributed by atoms with Crippen LogP contribution in [-0.4, -0.2) is 0 Å². The Morgan fingerprint density at radius 3 is 0.490 bits per heavy atom.